The highest BCUT2D eigenvalue weighted by Crippen LogP contribution is 2.10. The molecule has 1 aliphatic heterocycles. The lowest BCUT2D eigenvalue weighted by atomic mass is 10.1. The van der Waals surface area contributed by atoms with E-state index in [-0.39, 0.29) is 11.9 Å². The summed E-state index contributed by atoms with van der Waals surface area (Å²) in [6.45, 7) is 2.14. The Morgan fingerprint density at radius 2 is 2.20 bits per heavy atom. The third-order valence-corrected chi connectivity index (χ3v) is 3.51. The average Bonchev–Trinajstić information content (AvgIpc) is 2.88. The van der Waals surface area contributed by atoms with Crippen molar-refractivity contribution in [2.45, 2.75) is 25.6 Å². The Bertz CT molecular complexity index is 577. The maximum absolute atomic E-state index is 11.8. The van der Waals surface area contributed by atoms with Gasteiger partial charge in [-0.1, -0.05) is 24.3 Å². The predicted octanol–water partition coefficient (Wildman–Crippen LogP) is 0.304. The van der Waals surface area contributed by atoms with E-state index in [4.69, 9.17) is 0 Å². The van der Waals surface area contributed by atoms with Crippen molar-refractivity contribution in [3.8, 4) is 0 Å². The molecule has 1 fully saturated rings. The maximum Gasteiger partial charge on any atom is 0.237 e. The second kappa shape index (κ2) is 5.83. The minimum atomic E-state index is -0.0162. The third kappa shape index (κ3) is 2.85. The fraction of sp³-hybridized carbons (Fsp3) is 0.357. The largest absolute Gasteiger partial charge is 0.351 e. The highest BCUT2D eigenvalue weighted by atomic mass is 16.2. The SMILES string of the molecule is O=C(NCc1ccccc1Cn1cncn1)[C@H]1CCN1. The van der Waals surface area contributed by atoms with E-state index in [1.807, 2.05) is 24.3 Å². The van der Waals surface area contributed by atoms with Crippen molar-refractivity contribution in [1.82, 2.24) is 25.4 Å². The molecule has 104 valence electrons. The van der Waals surface area contributed by atoms with Crippen molar-refractivity contribution in [2.24, 2.45) is 0 Å². The first-order valence-corrected chi connectivity index (χ1v) is 6.73. The molecular formula is C14H17N5O. The molecule has 3 rings (SSSR count). The summed E-state index contributed by atoms with van der Waals surface area (Å²) in [4.78, 5) is 15.8. The second-order valence-electron chi connectivity index (χ2n) is 4.87. The molecule has 0 unspecified atom stereocenters. The zero-order valence-electron chi connectivity index (χ0n) is 11.1. The number of rotatable bonds is 5. The van der Waals surface area contributed by atoms with Crippen LogP contribution in [0, 0.1) is 0 Å². The molecule has 1 saturated heterocycles. The molecule has 0 saturated carbocycles. The summed E-state index contributed by atoms with van der Waals surface area (Å²) in [6.07, 6.45) is 4.13. The number of carbonyl (C=O) groups is 1. The van der Waals surface area contributed by atoms with Crippen molar-refractivity contribution in [2.75, 3.05) is 6.54 Å². The minimum absolute atomic E-state index is 0.0162. The van der Waals surface area contributed by atoms with Crippen molar-refractivity contribution in [3.05, 3.63) is 48.0 Å². The van der Waals surface area contributed by atoms with Crippen LogP contribution in [0.4, 0.5) is 0 Å². The van der Waals surface area contributed by atoms with Crippen molar-refractivity contribution < 1.29 is 4.79 Å². The number of hydrogen-bond acceptors (Lipinski definition) is 4. The third-order valence-electron chi connectivity index (χ3n) is 3.51. The Hall–Kier alpha value is -2.21. The minimum Gasteiger partial charge on any atom is -0.351 e. The molecule has 6 heteroatoms. The molecule has 1 aliphatic rings. The topological polar surface area (TPSA) is 71.8 Å². The number of nitrogens with zero attached hydrogens (tertiary/aromatic N) is 3. The summed E-state index contributed by atoms with van der Waals surface area (Å²) < 4.78 is 1.77. The Labute approximate surface area is 117 Å². The van der Waals surface area contributed by atoms with E-state index in [1.165, 1.54) is 6.33 Å². The molecule has 0 radical (unpaired) electrons. The van der Waals surface area contributed by atoms with Gasteiger partial charge in [-0.2, -0.15) is 5.10 Å². The predicted molar refractivity (Wildman–Crippen MR) is 73.8 cm³/mol. The fourth-order valence-corrected chi connectivity index (χ4v) is 2.19. The zero-order valence-corrected chi connectivity index (χ0v) is 11.1. The summed E-state index contributed by atoms with van der Waals surface area (Å²) in [5, 5.41) is 10.2. The van der Waals surface area contributed by atoms with Crippen molar-refractivity contribution >= 4 is 5.91 Å². The van der Waals surface area contributed by atoms with Gasteiger partial charge in [-0.25, -0.2) is 9.67 Å². The van der Waals surface area contributed by atoms with Crippen LogP contribution in [0.1, 0.15) is 17.5 Å². The number of benzene rings is 1. The van der Waals surface area contributed by atoms with E-state index in [0.717, 1.165) is 24.1 Å². The summed E-state index contributed by atoms with van der Waals surface area (Å²) in [7, 11) is 0. The quantitative estimate of drug-likeness (QED) is 0.820. The molecule has 0 aliphatic carbocycles. The second-order valence-corrected chi connectivity index (χ2v) is 4.87. The van der Waals surface area contributed by atoms with Crippen LogP contribution in [-0.2, 0) is 17.9 Å². The fourth-order valence-electron chi connectivity index (χ4n) is 2.19. The first kappa shape index (κ1) is 12.8. The standard InChI is InChI=1S/C14H17N5O/c20-14(13-5-6-16-13)17-7-11-3-1-2-4-12(11)8-19-10-15-9-18-19/h1-4,9-10,13,16H,5-8H2,(H,17,20)/t13-/m1/s1. The van der Waals surface area contributed by atoms with Gasteiger partial charge >= 0.3 is 0 Å². The van der Waals surface area contributed by atoms with Gasteiger partial charge in [-0.05, 0) is 24.1 Å². The van der Waals surface area contributed by atoms with Crippen LogP contribution in [0.15, 0.2) is 36.9 Å². The number of nitrogens with one attached hydrogen (secondary N) is 2. The molecule has 1 aromatic heterocycles. The van der Waals surface area contributed by atoms with Crippen LogP contribution in [0.25, 0.3) is 0 Å². The number of hydrogen-bond donors (Lipinski definition) is 2. The molecule has 1 aromatic carbocycles. The van der Waals surface area contributed by atoms with Gasteiger partial charge in [0.15, 0.2) is 0 Å². The van der Waals surface area contributed by atoms with Crippen LogP contribution < -0.4 is 10.6 Å². The highest BCUT2D eigenvalue weighted by molar-refractivity contribution is 5.82. The summed E-state index contributed by atoms with van der Waals surface area (Å²) in [5.74, 6) is 0.0757. The number of carbonyl (C=O) groups excluding carboxylic acids is 1. The molecule has 1 amide bonds. The van der Waals surface area contributed by atoms with Gasteiger partial charge in [-0.3, -0.25) is 4.79 Å². The monoisotopic (exact) mass is 271 g/mol. The molecular weight excluding hydrogens is 254 g/mol. The molecule has 2 N–H and O–H groups in total. The van der Waals surface area contributed by atoms with Crippen LogP contribution in [-0.4, -0.2) is 33.3 Å². The van der Waals surface area contributed by atoms with Crippen LogP contribution in [0.3, 0.4) is 0 Å². The Balaban J connectivity index is 1.64. The van der Waals surface area contributed by atoms with Crippen molar-refractivity contribution in [1.29, 1.82) is 0 Å². The molecule has 0 spiro atoms. The smallest absolute Gasteiger partial charge is 0.237 e. The maximum atomic E-state index is 11.8. The Morgan fingerprint density at radius 3 is 2.85 bits per heavy atom. The Morgan fingerprint density at radius 1 is 1.40 bits per heavy atom. The van der Waals surface area contributed by atoms with Crippen LogP contribution in [0.5, 0.6) is 0 Å². The van der Waals surface area contributed by atoms with E-state index >= 15 is 0 Å². The van der Waals surface area contributed by atoms with E-state index in [1.54, 1.807) is 11.0 Å². The summed E-state index contributed by atoms with van der Waals surface area (Å²) in [5.41, 5.74) is 2.25. The number of amides is 1. The van der Waals surface area contributed by atoms with Gasteiger partial charge in [0.25, 0.3) is 0 Å². The molecule has 2 heterocycles. The molecule has 1 atom stereocenters. The first-order valence-electron chi connectivity index (χ1n) is 6.73. The average molecular weight is 271 g/mol. The lowest BCUT2D eigenvalue weighted by molar-refractivity contribution is -0.124. The normalized spacial score (nSPS) is 17.5. The summed E-state index contributed by atoms with van der Waals surface area (Å²) in [6, 6.07) is 8.03. The van der Waals surface area contributed by atoms with Gasteiger partial charge in [0, 0.05) is 6.54 Å². The molecule has 6 nitrogen and oxygen atoms in total. The Kier molecular flexibility index (Phi) is 3.73. The summed E-state index contributed by atoms with van der Waals surface area (Å²) >= 11 is 0. The molecule has 2 aromatic rings. The number of aromatic nitrogens is 3. The van der Waals surface area contributed by atoms with Gasteiger partial charge in [0.2, 0.25) is 5.91 Å². The van der Waals surface area contributed by atoms with Crippen molar-refractivity contribution in [3.63, 3.8) is 0 Å². The van der Waals surface area contributed by atoms with E-state index in [0.29, 0.717) is 13.1 Å². The van der Waals surface area contributed by atoms with Gasteiger partial charge in [0.05, 0.1) is 12.6 Å². The zero-order chi connectivity index (χ0) is 13.8. The first-order chi connectivity index (χ1) is 9.83. The van der Waals surface area contributed by atoms with Gasteiger partial charge in [0.1, 0.15) is 12.7 Å². The van der Waals surface area contributed by atoms with Gasteiger partial charge < -0.3 is 10.6 Å². The lowest BCUT2D eigenvalue weighted by Gasteiger charge is -2.26. The highest BCUT2D eigenvalue weighted by Gasteiger charge is 2.23. The lowest BCUT2D eigenvalue weighted by Crippen LogP contribution is -2.53. The molecule has 0 bridgehead atoms. The van der Waals surface area contributed by atoms with E-state index in [2.05, 4.69) is 20.7 Å². The van der Waals surface area contributed by atoms with Crippen LogP contribution in [0.2, 0.25) is 0 Å². The van der Waals surface area contributed by atoms with E-state index in [9.17, 15) is 4.79 Å². The molecule has 20 heavy (non-hydrogen) atoms. The van der Waals surface area contributed by atoms with Crippen LogP contribution >= 0.6 is 0 Å². The van der Waals surface area contributed by atoms with Gasteiger partial charge in [-0.15, -0.1) is 0 Å². The van der Waals surface area contributed by atoms with E-state index < -0.39 is 0 Å².